The number of fused-ring (bicyclic) bond motifs is 1. The molecule has 0 radical (unpaired) electrons. The van der Waals surface area contributed by atoms with Crippen molar-refractivity contribution in [2.75, 3.05) is 0 Å². The van der Waals surface area contributed by atoms with Gasteiger partial charge in [0.15, 0.2) is 5.58 Å². The number of para-hydroxylation sites is 1. The fourth-order valence-electron chi connectivity index (χ4n) is 1.95. The summed E-state index contributed by atoms with van der Waals surface area (Å²) >= 11 is 0. The van der Waals surface area contributed by atoms with E-state index >= 15 is 0 Å². The van der Waals surface area contributed by atoms with Crippen molar-refractivity contribution in [1.29, 1.82) is 0 Å². The van der Waals surface area contributed by atoms with Gasteiger partial charge in [-0.1, -0.05) is 17.3 Å². The smallest absolute Gasteiger partial charge is 0.278 e. The SMILES string of the molecule is Cc1noc2cc(-c3ccccc3[N+](=O)[O-])[nH]c12. The molecule has 0 fully saturated rings. The molecule has 0 bridgehead atoms. The number of hydrogen-bond acceptors (Lipinski definition) is 4. The summed E-state index contributed by atoms with van der Waals surface area (Å²) in [5, 5.41) is 14.8. The quantitative estimate of drug-likeness (QED) is 0.553. The molecule has 0 amide bonds. The maximum absolute atomic E-state index is 11.0. The van der Waals surface area contributed by atoms with E-state index in [1.807, 2.05) is 6.92 Å². The van der Waals surface area contributed by atoms with Crippen molar-refractivity contribution in [3.05, 3.63) is 46.1 Å². The Kier molecular flexibility index (Phi) is 2.16. The van der Waals surface area contributed by atoms with E-state index in [1.54, 1.807) is 24.3 Å². The first-order valence-electron chi connectivity index (χ1n) is 5.35. The zero-order valence-corrected chi connectivity index (χ0v) is 9.51. The lowest BCUT2D eigenvalue weighted by molar-refractivity contribution is -0.384. The van der Waals surface area contributed by atoms with Gasteiger partial charge in [0.1, 0.15) is 11.2 Å². The second-order valence-corrected chi connectivity index (χ2v) is 3.96. The molecule has 0 aliphatic heterocycles. The molecule has 1 aromatic carbocycles. The molecule has 0 saturated carbocycles. The van der Waals surface area contributed by atoms with Crippen LogP contribution in [0.4, 0.5) is 5.69 Å². The normalized spacial score (nSPS) is 10.9. The molecule has 0 atom stereocenters. The van der Waals surface area contributed by atoms with Gasteiger partial charge in [-0.05, 0) is 13.0 Å². The fourth-order valence-corrected chi connectivity index (χ4v) is 1.95. The Hall–Kier alpha value is -2.63. The van der Waals surface area contributed by atoms with Crippen LogP contribution in [0.15, 0.2) is 34.9 Å². The molecule has 3 rings (SSSR count). The van der Waals surface area contributed by atoms with E-state index in [0.717, 1.165) is 11.2 Å². The number of hydrogen-bond donors (Lipinski definition) is 1. The van der Waals surface area contributed by atoms with Crippen molar-refractivity contribution in [1.82, 2.24) is 10.1 Å². The molecule has 6 heteroatoms. The zero-order valence-electron chi connectivity index (χ0n) is 9.51. The minimum Gasteiger partial charge on any atom is -0.354 e. The first-order valence-corrected chi connectivity index (χ1v) is 5.35. The van der Waals surface area contributed by atoms with E-state index in [0.29, 0.717) is 16.8 Å². The van der Waals surface area contributed by atoms with Gasteiger partial charge in [0, 0.05) is 12.1 Å². The number of nitrogens with one attached hydrogen (secondary N) is 1. The minimum atomic E-state index is -0.400. The number of aryl methyl sites for hydroxylation is 1. The number of nitrogens with zero attached hydrogens (tertiary/aromatic N) is 2. The minimum absolute atomic E-state index is 0.0621. The first-order chi connectivity index (χ1) is 8.66. The van der Waals surface area contributed by atoms with E-state index in [-0.39, 0.29) is 5.69 Å². The molecule has 2 heterocycles. The molecule has 18 heavy (non-hydrogen) atoms. The maximum atomic E-state index is 11.0. The molecule has 6 nitrogen and oxygen atoms in total. The molecule has 3 aromatic rings. The van der Waals surface area contributed by atoms with Crippen LogP contribution < -0.4 is 0 Å². The van der Waals surface area contributed by atoms with Gasteiger partial charge in [0.25, 0.3) is 5.69 Å². The van der Waals surface area contributed by atoms with Gasteiger partial charge in [-0.2, -0.15) is 0 Å². The average molecular weight is 243 g/mol. The van der Waals surface area contributed by atoms with Crippen LogP contribution in [0.2, 0.25) is 0 Å². The predicted molar refractivity (Wildman–Crippen MR) is 65.2 cm³/mol. The summed E-state index contributed by atoms with van der Waals surface area (Å²) in [6.07, 6.45) is 0. The van der Waals surface area contributed by atoms with Gasteiger partial charge >= 0.3 is 0 Å². The van der Waals surface area contributed by atoms with E-state index in [4.69, 9.17) is 4.52 Å². The maximum Gasteiger partial charge on any atom is 0.278 e. The van der Waals surface area contributed by atoms with Crippen molar-refractivity contribution in [3.63, 3.8) is 0 Å². The van der Waals surface area contributed by atoms with Gasteiger partial charge in [0.2, 0.25) is 0 Å². The number of rotatable bonds is 2. The van der Waals surface area contributed by atoms with Crippen LogP contribution in [0.1, 0.15) is 5.69 Å². The van der Waals surface area contributed by atoms with Crippen LogP contribution in [-0.2, 0) is 0 Å². The molecule has 0 unspecified atom stereocenters. The third-order valence-corrected chi connectivity index (χ3v) is 2.82. The lowest BCUT2D eigenvalue weighted by Gasteiger charge is -1.99. The summed E-state index contributed by atoms with van der Waals surface area (Å²) in [5.74, 6) is 0. The largest absolute Gasteiger partial charge is 0.354 e. The van der Waals surface area contributed by atoms with Crippen LogP contribution in [0.5, 0.6) is 0 Å². The van der Waals surface area contributed by atoms with Crippen LogP contribution in [0.25, 0.3) is 22.4 Å². The van der Waals surface area contributed by atoms with Gasteiger partial charge in [0.05, 0.1) is 16.2 Å². The Bertz CT molecular complexity index is 742. The van der Waals surface area contributed by atoms with Crippen molar-refractivity contribution in [2.24, 2.45) is 0 Å². The molecular formula is C12H9N3O3. The molecular weight excluding hydrogens is 234 g/mol. The number of benzene rings is 1. The molecule has 0 saturated heterocycles. The Morgan fingerprint density at radius 3 is 2.89 bits per heavy atom. The third-order valence-electron chi connectivity index (χ3n) is 2.82. The van der Waals surface area contributed by atoms with Crippen molar-refractivity contribution in [3.8, 4) is 11.3 Å². The Morgan fingerprint density at radius 1 is 1.39 bits per heavy atom. The summed E-state index contributed by atoms with van der Waals surface area (Å²) in [5.41, 5.74) is 3.35. The van der Waals surface area contributed by atoms with E-state index in [1.165, 1.54) is 6.07 Å². The fraction of sp³-hybridized carbons (Fsp3) is 0.0833. The first kappa shape index (κ1) is 10.5. The molecule has 0 aliphatic rings. The number of H-pyrrole nitrogens is 1. The molecule has 90 valence electrons. The standard InChI is InChI=1S/C12H9N3O3/c1-7-12-11(18-14-7)6-9(13-12)8-4-2-3-5-10(8)15(16)17/h2-6,13H,1H3. The van der Waals surface area contributed by atoms with Gasteiger partial charge in [-0.25, -0.2) is 0 Å². The van der Waals surface area contributed by atoms with Crippen LogP contribution in [0, 0.1) is 17.0 Å². The molecule has 0 spiro atoms. The summed E-state index contributed by atoms with van der Waals surface area (Å²) in [6.45, 7) is 1.81. The van der Waals surface area contributed by atoms with Crippen molar-refractivity contribution in [2.45, 2.75) is 6.92 Å². The second-order valence-electron chi connectivity index (χ2n) is 3.96. The number of nitro groups is 1. The number of aromatic nitrogens is 2. The molecule has 0 aliphatic carbocycles. The number of nitro benzene ring substituents is 1. The highest BCUT2D eigenvalue weighted by Crippen LogP contribution is 2.31. The Labute approximate surface area is 101 Å². The molecule has 1 N–H and O–H groups in total. The van der Waals surface area contributed by atoms with Crippen molar-refractivity contribution >= 4 is 16.8 Å². The van der Waals surface area contributed by atoms with Gasteiger partial charge in [-0.3, -0.25) is 10.1 Å². The zero-order chi connectivity index (χ0) is 12.7. The van der Waals surface area contributed by atoms with Crippen molar-refractivity contribution < 1.29 is 9.45 Å². The lowest BCUT2D eigenvalue weighted by atomic mass is 10.1. The monoisotopic (exact) mass is 243 g/mol. The van der Waals surface area contributed by atoms with Gasteiger partial charge in [-0.15, -0.1) is 0 Å². The highest BCUT2D eigenvalue weighted by molar-refractivity contribution is 5.85. The molecule has 2 aromatic heterocycles. The summed E-state index contributed by atoms with van der Waals surface area (Å²) < 4.78 is 5.10. The summed E-state index contributed by atoms with van der Waals surface area (Å²) in [6, 6.07) is 8.30. The Balaban J connectivity index is 2.22. The highest BCUT2D eigenvalue weighted by Gasteiger charge is 2.17. The van der Waals surface area contributed by atoms with Crippen LogP contribution >= 0.6 is 0 Å². The predicted octanol–water partition coefficient (Wildman–Crippen LogP) is 3.04. The Morgan fingerprint density at radius 2 is 2.17 bits per heavy atom. The average Bonchev–Trinajstić information content (AvgIpc) is 2.92. The number of aromatic amines is 1. The van der Waals surface area contributed by atoms with Gasteiger partial charge < -0.3 is 9.51 Å². The van der Waals surface area contributed by atoms with E-state index < -0.39 is 4.92 Å². The summed E-state index contributed by atoms with van der Waals surface area (Å²) in [4.78, 5) is 13.7. The second kappa shape index (κ2) is 3.69. The highest BCUT2D eigenvalue weighted by atomic mass is 16.6. The van der Waals surface area contributed by atoms with Crippen LogP contribution in [0.3, 0.4) is 0 Å². The van der Waals surface area contributed by atoms with E-state index in [9.17, 15) is 10.1 Å². The lowest BCUT2D eigenvalue weighted by Crippen LogP contribution is -1.91. The van der Waals surface area contributed by atoms with Crippen LogP contribution in [-0.4, -0.2) is 15.1 Å². The summed E-state index contributed by atoms with van der Waals surface area (Å²) in [7, 11) is 0. The third kappa shape index (κ3) is 1.46. The van der Waals surface area contributed by atoms with E-state index in [2.05, 4.69) is 10.1 Å². The topological polar surface area (TPSA) is 85.0 Å².